The first-order valence-corrected chi connectivity index (χ1v) is 8.45. The Labute approximate surface area is 139 Å². The van der Waals surface area contributed by atoms with Crippen LogP contribution < -0.4 is 9.47 Å². The van der Waals surface area contributed by atoms with E-state index in [4.69, 9.17) is 14.2 Å². The second kappa shape index (κ2) is 9.63. The standard InChI is InChI=1S/C17H19IO3/c18-14-15-6-4-5-9-17(15)21-13-11-19-10-12-20-16-7-2-1-3-8-16/h1-9H,10-14H2. The van der Waals surface area contributed by atoms with Gasteiger partial charge in [0.1, 0.15) is 24.7 Å². The van der Waals surface area contributed by atoms with Gasteiger partial charge in [0, 0.05) is 9.99 Å². The molecule has 0 spiro atoms. The van der Waals surface area contributed by atoms with E-state index in [1.807, 2.05) is 48.5 Å². The molecule has 0 amide bonds. The van der Waals surface area contributed by atoms with Gasteiger partial charge in [-0.1, -0.05) is 59.0 Å². The first-order valence-electron chi connectivity index (χ1n) is 6.92. The molecule has 0 bridgehead atoms. The van der Waals surface area contributed by atoms with Crippen molar-refractivity contribution in [2.75, 3.05) is 26.4 Å². The van der Waals surface area contributed by atoms with E-state index in [0.29, 0.717) is 26.4 Å². The van der Waals surface area contributed by atoms with Crippen LogP contribution in [0.5, 0.6) is 11.5 Å². The van der Waals surface area contributed by atoms with E-state index in [2.05, 4.69) is 28.7 Å². The van der Waals surface area contributed by atoms with Gasteiger partial charge in [0.15, 0.2) is 0 Å². The first kappa shape index (κ1) is 16.1. The monoisotopic (exact) mass is 398 g/mol. The van der Waals surface area contributed by atoms with E-state index in [-0.39, 0.29) is 0 Å². The lowest BCUT2D eigenvalue weighted by Gasteiger charge is -2.10. The number of halogens is 1. The Hall–Kier alpha value is -1.27. The van der Waals surface area contributed by atoms with Gasteiger partial charge in [-0.05, 0) is 18.2 Å². The summed E-state index contributed by atoms with van der Waals surface area (Å²) in [6, 6.07) is 17.8. The topological polar surface area (TPSA) is 27.7 Å². The number of alkyl halides is 1. The molecule has 112 valence electrons. The van der Waals surface area contributed by atoms with E-state index in [0.717, 1.165) is 15.9 Å². The van der Waals surface area contributed by atoms with Crippen LogP contribution in [0.1, 0.15) is 5.56 Å². The van der Waals surface area contributed by atoms with Gasteiger partial charge in [-0.15, -0.1) is 0 Å². The third kappa shape index (κ3) is 5.93. The summed E-state index contributed by atoms with van der Waals surface area (Å²) in [5, 5.41) is 0. The minimum absolute atomic E-state index is 0.550. The Kier molecular flexibility index (Phi) is 7.38. The Morgan fingerprint density at radius 1 is 0.714 bits per heavy atom. The molecule has 0 aliphatic rings. The predicted octanol–water partition coefficient (Wildman–Crippen LogP) is 4.10. The molecule has 0 aliphatic heterocycles. The predicted molar refractivity (Wildman–Crippen MR) is 92.4 cm³/mol. The van der Waals surface area contributed by atoms with Gasteiger partial charge in [0.25, 0.3) is 0 Å². The highest BCUT2D eigenvalue weighted by molar-refractivity contribution is 14.1. The zero-order chi connectivity index (χ0) is 14.8. The average Bonchev–Trinajstić information content (AvgIpc) is 2.55. The second-order valence-electron chi connectivity index (χ2n) is 4.36. The molecule has 0 atom stereocenters. The Morgan fingerprint density at radius 3 is 2.14 bits per heavy atom. The summed E-state index contributed by atoms with van der Waals surface area (Å²) in [6.07, 6.45) is 0. The Bertz CT molecular complexity index is 516. The fraction of sp³-hybridized carbons (Fsp3) is 0.294. The number of ether oxygens (including phenoxy) is 3. The van der Waals surface area contributed by atoms with Gasteiger partial charge in [0.2, 0.25) is 0 Å². The quantitative estimate of drug-likeness (QED) is 0.362. The molecule has 0 aromatic heterocycles. The van der Waals surface area contributed by atoms with Gasteiger partial charge in [-0.3, -0.25) is 0 Å². The molecule has 2 rings (SSSR count). The van der Waals surface area contributed by atoms with Crippen molar-refractivity contribution in [3.8, 4) is 11.5 Å². The highest BCUT2D eigenvalue weighted by atomic mass is 127. The molecule has 0 N–H and O–H groups in total. The molecule has 2 aromatic carbocycles. The molecular formula is C17H19IO3. The van der Waals surface area contributed by atoms with Gasteiger partial charge >= 0.3 is 0 Å². The van der Waals surface area contributed by atoms with Crippen LogP contribution in [-0.2, 0) is 9.16 Å². The van der Waals surface area contributed by atoms with Crippen LogP contribution in [-0.4, -0.2) is 26.4 Å². The lowest BCUT2D eigenvalue weighted by Crippen LogP contribution is -2.12. The van der Waals surface area contributed by atoms with Crippen molar-refractivity contribution in [2.45, 2.75) is 4.43 Å². The van der Waals surface area contributed by atoms with E-state index in [1.54, 1.807) is 0 Å². The highest BCUT2D eigenvalue weighted by Gasteiger charge is 2.00. The van der Waals surface area contributed by atoms with Gasteiger partial charge in [-0.2, -0.15) is 0 Å². The summed E-state index contributed by atoms with van der Waals surface area (Å²) in [5.74, 6) is 1.81. The minimum Gasteiger partial charge on any atom is -0.491 e. The van der Waals surface area contributed by atoms with Crippen molar-refractivity contribution in [3.05, 3.63) is 60.2 Å². The van der Waals surface area contributed by atoms with Gasteiger partial charge in [0.05, 0.1) is 13.2 Å². The van der Waals surface area contributed by atoms with Crippen molar-refractivity contribution < 1.29 is 14.2 Å². The summed E-state index contributed by atoms with van der Waals surface area (Å²) in [4.78, 5) is 0. The summed E-state index contributed by atoms with van der Waals surface area (Å²) in [7, 11) is 0. The molecule has 4 heteroatoms. The van der Waals surface area contributed by atoms with E-state index >= 15 is 0 Å². The zero-order valence-corrected chi connectivity index (χ0v) is 14.0. The SMILES string of the molecule is ICc1ccccc1OCCOCCOc1ccccc1. The van der Waals surface area contributed by atoms with Crippen LogP contribution in [0.15, 0.2) is 54.6 Å². The average molecular weight is 398 g/mol. The van der Waals surface area contributed by atoms with Gasteiger partial charge in [-0.25, -0.2) is 0 Å². The van der Waals surface area contributed by atoms with E-state index in [1.165, 1.54) is 5.56 Å². The molecule has 0 heterocycles. The fourth-order valence-corrected chi connectivity index (χ4v) is 2.43. The molecule has 3 nitrogen and oxygen atoms in total. The normalized spacial score (nSPS) is 10.3. The number of para-hydroxylation sites is 2. The van der Waals surface area contributed by atoms with Crippen molar-refractivity contribution in [2.24, 2.45) is 0 Å². The van der Waals surface area contributed by atoms with E-state index in [9.17, 15) is 0 Å². The Balaban J connectivity index is 1.56. The molecule has 0 unspecified atom stereocenters. The summed E-state index contributed by atoms with van der Waals surface area (Å²) < 4.78 is 17.7. The molecule has 0 radical (unpaired) electrons. The molecule has 21 heavy (non-hydrogen) atoms. The molecule has 0 aliphatic carbocycles. The van der Waals surface area contributed by atoms with Crippen LogP contribution in [0.2, 0.25) is 0 Å². The van der Waals surface area contributed by atoms with Crippen molar-refractivity contribution >= 4 is 22.6 Å². The van der Waals surface area contributed by atoms with E-state index < -0.39 is 0 Å². The number of hydrogen-bond donors (Lipinski definition) is 0. The van der Waals surface area contributed by atoms with Crippen molar-refractivity contribution in [3.63, 3.8) is 0 Å². The molecule has 0 saturated carbocycles. The van der Waals surface area contributed by atoms with Gasteiger partial charge < -0.3 is 14.2 Å². The molecule has 0 saturated heterocycles. The highest BCUT2D eigenvalue weighted by Crippen LogP contribution is 2.20. The zero-order valence-electron chi connectivity index (χ0n) is 11.8. The molecule has 2 aromatic rings. The summed E-state index contributed by atoms with van der Waals surface area (Å²) in [5.41, 5.74) is 1.21. The smallest absolute Gasteiger partial charge is 0.123 e. The minimum atomic E-state index is 0.550. The fourth-order valence-electron chi connectivity index (χ4n) is 1.80. The van der Waals surface area contributed by atoms with Crippen LogP contribution in [0.3, 0.4) is 0 Å². The number of benzene rings is 2. The van der Waals surface area contributed by atoms with Crippen LogP contribution in [0.25, 0.3) is 0 Å². The van der Waals surface area contributed by atoms with Crippen LogP contribution in [0, 0.1) is 0 Å². The maximum absolute atomic E-state index is 5.72. The maximum atomic E-state index is 5.72. The molecular weight excluding hydrogens is 379 g/mol. The largest absolute Gasteiger partial charge is 0.491 e. The lowest BCUT2D eigenvalue weighted by molar-refractivity contribution is 0.0762. The third-order valence-electron chi connectivity index (χ3n) is 2.84. The van der Waals surface area contributed by atoms with Crippen molar-refractivity contribution in [1.82, 2.24) is 0 Å². The van der Waals surface area contributed by atoms with Crippen molar-refractivity contribution in [1.29, 1.82) is 0 Å². The van der Waals surface area contributed by atoms with Crippen LogP contribution >= 0.6 is 22.6 Å². The Morgan fingerprint density at radius 2 is 1.38 bits per heavy atom. The van der Waals surface area contributed by atoms with Crippen LogP contribution in [0.4, 0.5) is 0 Å². The second-order valence-corrected chi connectivity index (χ2v) is 5.13. The maximum Gasteiger partial charge on any atom is 0.123 e. The number of rotatable bonds is 9. The number of hydrogen-bond acceptors (Lipinski definition) is 3. The molecule has 0 fully saturated rings. The first-order chi connectivity index (χ1) is 10.4. The lowest BCUT2D eigenvalue weighted by atomic mass is 10.2. The third-order valence-corrected chi connectivity index (χ3v) is 3.66. The summed E-state index contributed by atoms with van der Waals surface area (Å²) >= 11 is 2.34. The summed E-state index contributed by atoms with van der Waals surface area (Å²) in [6.45, 7) is 2.23.